The molecular weight excluding hydrogens is 284 g/mol. The summed E-state index contributed by atoms with van der Waals surface area (Å²) in [5.74, 6) is -0.819. The van der Waals surface area contributed by atoms with Crippen LogP contribution in [0.15, 0.2) is 12.1 Å². The molecule has 0 aliphatic rings. The first kappa shape index (κ1) is 16.3. The van der Waals surface area contributed by atoms with Crippen LogP contribution in [0.4, 0.5) is 17.1 Å². The quantitative estimate of drug-likeness (QED) is 0.393. The molecule has 10 heteroatoms. The van der Waals surface area contributed by atoms with E-state index in [0.29, 0.717) is 12.5 Å². The van der Waals surface area contributed by atoms with E-state index < -0.39 is 38.9 Å². The van der Waals surface area contributed by atoms with Gasteiger partial charge in [-0.3, -0.25) is 25.0 Å². The van der Waals surface area contributed by atoms with E-state index in [4.69, 9.17) is 10.8 Å². The molecule has 114 valence electrons. The molecule has 0 spiro atoms. The van der Waals surface area contributed by atoms with Gasteiger partial charge in [-0.25, -0.2) is 0 Å². The van der Waals surface area contributed by atoms with E-state index in [9.17, 15) is 25.0 Å². The highest BCUT2D eigenvalue weighted by Crippen LogP contribution is 2.30. The molecule has 0 radical (unpaired) electrons. The van der Waals surface area contributed by atoms with E-state index in [2.05, 4.69) is 5.32 Å². The third-order valence-electron chi connectivity index (χ3n) is 2.84. The summed E-state index contributed by atoms with van der Waals surface area (Å²) in [7, 11) is 0. The van der Waals surface area contributed by atoms with Gasteiger partial charge in [0.25, 0.3) is 17.3 Å². The zero-order chi connectivity index (χ0) is 16.2. The van der Waals surface area contributed by atoms with Gasteiger partial charge in [-0.2, -0.15) is 0 Å². The molecule has 0 saturated heterocycles. The Morgan fingerprint density at radius 3 is 2.43 bits per heavy atom. The summed E-state index contributed by atoms with van der Waals surface area (Å²) >= 11 is 0. The first-order valence-corrected chi connectivity index (χ1v) is 5.95. The Morgan fingerprint density at radius 1 is 1.38 bits per heavy atom. The van der Waals surface area contributed by atoms with Crippen LogP contribution in [0.3, 0.4) is 0 Å². The molecule has 10 nitrogen and oxygen atoms in total. The van der Waals surface area contributed by atoms with E-state index in [1.807, 2.05) is 0 Å². The van der Waals surface area contributed by atoms with Crippen LogP contribution in [0.25, 0.3) is 0 Å². The van der Waals surface area contributed by atoms with Crippen LogP contribution in [0.5, 0.6) is 0 Å². The number of amides is 1. The number of carbonyl (C=O) groups excluding carboxylic acids is 1. The van der Waals surface area contributed by atoms with E-state index in [1.54, 1.807) is 6.92 Å². The fraction of sp³-hybridized carbons (Fsp3) is 0.364. The SMILES string of the molecule is CC[C@@H](CO)NC(=O)c1cc([N+](=O)[O-])cc([N+](=O)[O-])c1N. The summed E-state index contributed by atoms with van der Waals surface area (Å²) in [6.45, 7) is 1.37. The van der Waals surface area contributed by atoms with Crippen molar-refractivity contribution in [2.24, 2.45) is 0 Å². The summed E-state index contributed by atoms with van der Waals surface area (Å²) in [5, 5.41) is 33.0. The Labute approximate surface area is 118 Å². The number of hydrogen-bond acceptors (Lipinski definition) is 7. The van der Waals surface area contributed by atoms with Crippen LogP contribution in [0, 0.1) is 20.2 Å². The number of nitrogen functional groups attached to an aromatic ring is 1. The fourth-order valence-electron chi connectivity index (χ4n) is 1.61. The average Bonchev–Trinajstić information content (AvgIpc) is 2.43. The van der Waals surface area contributed by atoms with Crippen LogP contribution in [-0.2, 0) is 0 Å². The van der Waals surface area contributed by atoms with Gasteiger partial charge in [0.05, 0.1) is 34.1 Å². The van der Waals surface area contributed by atoms with Crippen molar-refractivity contribution < 1.29 is 19.7 Å². The predicted molar refractivity (Wildman–Crippen MR) is 72.8 cm³/mol. The molecule has 1 atom stereocenters. The second kappa shape index (κ2) is 6.61. The number of nitrogens with zero attached hydrogens (tertiary/aromatic N) is 2. The lowest BCUT2D eigenvalue weighted by molar-refractivity contribution is -0.393. The second-order valence-corrected chi connectivity index (χ2v) is 4.20. The Kier molecular flexibility index (Phi) is 5.13. The van der Waals surface area contributed by atoms with Crippen molar-refractivity contribution in [2.45, 2.75) is 19.4 Å². The molecule has 0 aliphatic carbocycles. The normalized spacial score (nSPS) is 11.7. The van der Waals surface area contributed by atoms with Gasteiger partial charge in [-0.15, -0.1) is 0 Å². The molecule has 1 rings (SSSR count). The van der Waals surface area contributed by atoms with Gasteiger partial charge in [-0.05, 0) is 6.42 Å². The van der Waals surface area contributed by atoms with Crippen LogP contribution >= 0.6 is 0 Å². The molecule has 1 amide bonds. The molecule has 0 bridgehead atoms. The minimum Gasteiger partial charge on any atom is -0.394 e. The zero-order valence-electron chi connectivity index (χ0n) is 11.1. The number of non-ortho nitro benzene ring substituents is 1. The highest BCUT2D eigenvalue weighted by atomic mass is 16.6. The van der Waals surface area contributed by atoms with Crippen molar-refractivity contribution in [2.75, 3.05) is 12.3 Å². The fourth-order valence-corrected chi connectivity index (χ4v) is 1.61. The number of hydrogen-bond donors (Lipinski definition) is 3. The van der Waals surface area contributed by atoms with Gasteiger partial charge in [0, 0.05) is 6.07 Å². The Morgan fingerprint density at radius 2 is 2.00 bits per heavy atom. The van der Waals surface area contributed by atoms with Gasteiger partial charge in [0.2, 0.25) is 0 Å². The maximum atomic E-state index is 12.0. The molecule has 1 aromatic carbocycles. The van der Waals surface area contributed by atoms with Crippen molar-refractivity contribution in [3.05, 3.63) is 37.9 Å². The van der Waals surface area contributed by atoms with Crippen molar-refractivity contribution in [1.82, 2.24) is 5.32 Å². The Bertz CT molecular complexity index is 584. The molecular formula is C11H14N4O6. The average molecular weight is 298 g/mol. The maximum Gasteiger partial charge on any atom is 0.299 e. The minimum absolute atomic E-state index is 0.334. The van der Waals surface area contributed by atoms with E-state index in [0.717, 1.165) is 6.07 Å². The molecule has 0 heterocycles. The highest BCUT2D eigenvalue weighted by Gasteiger charge is 2.26. The number of nitro benzene ring substituents is 2. The van der Waals surface area contributed by atoms with Crippen molar-refractivity contribution in [1.29, 1.82) is 0 Å². The monoisotopic (exact) mass is 298 g/mol. The largest absolute Gasteiger partial charge is 0.394 e. The van der Waals surface area contributed by atoms with Gasteiger partial charge in [-0.1, -0.05) is 6.92 Å². The minimum atomic E-state index is -0.900. The number of carbonyl (C=O) groups is 1. The number of aliphatic hydroxyl groups excluding tert-OH is 1. The summed E-state index contributed by atoms with van der Waals surface area (Å²) in [5.41, 5.74) is 3.36. The topological polar surface area (TPSA) is 162 Å². The third kappa shape index (κ3) is 3.63. The number of nitrogens with two attached hydrogens (primary N) is 1. The zero-order valence-corrected chi connectivity index (χ0v) is 11.1. The molecule has 0 saturated carbocycles. The van der Waals surface area contributed by atoms with Crippen LogP contribution in [0.1, 0.15) is 23.7 Å². The Balaban J connectivity index is 3.30. The van der Waals surface area contributed by atoms with E-state index in [-0.39, 0.29) is 12.2 Å². The van der Waals surface area contributed by atoms with Gasteiger partial charge in [0.1, 0.15) is 5.69 Å². The summed E-state index contributed by atoms with van der Waals surface area (Å²) < 4.78 is 0. The highest BCUT2D eigenvalue weighted by molar-refractivity contribution is 6.02. The number of rotatable bonds is 6. The lowest BCUT2D eigenvalue weighted by atomic mass is 10.1. The lowest BCUT2D eigenvalue weighted by Gasteiger charge is -2.14. The summed E-state index contributed by atoms with van der Waals surface area (Å²) in [6.07, 6.45) is 0.416. The number of nitrogens with one attached hydrogen (secondary N) is 1. The van der Waals surface area contributed by atoms with Gasteiger partial charge >= 0.3 is 0 Å². The molecule has 21 heavy (non-hydrogen) atoms. The van der Waals surface area contributed by atoms with Crippen molar-refractivity contribution in [3.8, 4) is 0 Å². The summed E-state index contributed by atoms with van der Waals surface area (Å²) in [6, 6.07) is 0.979. The molecule has 0 aliphatic heterocycles. The lowest BCUT2D eigenvalue weighted by Crippen LogP contribution is -2.37. The second-order valence-electron chi connectivity index (χ2n) is 4.20. The molecule has 0 unspecified atom stereocenters. The molecule has 4 N–H and O–H groups in total. The van der Waals surface area contributed by atoms with E-state index in [1.165, 1.54) is 0 Å². The summed E-state index contributed by atoms with van der Waals surface area (Å²) in [4.78, 5) is 31.8. The Hall–Kier alpha value is -2.75. The maximum absolute atomic E-state index is 12.0. The van der Waals surface area contributed by atoms with Crippen molar-refractivity contribution >= 4 is 23.0 Å². The van der Waals surface area contributed by atoms with Crippen LogP contribution in [-0.4, -0.2) is 33.5 Å². The molecule has 0 fully saturated rings. The first-order valence-electron chi connectivity index (χ1n) is 5.95. The number of aliphatic hydroxyl groups is 1. The smallest absolute Gasteiger partial charge is 0.299 e. The van der Waals surface area contributed by atoms with Gasteiger partial charge in [0.15, 0.2) is 0 Å². The number of anilines is 1. The molecule has 1 aromatic rings. The van der Waals surface area contributed by atoms with E-state index >= 15 is 0 Å². The molecule has 0 aromatic heterocycles. The van der Waals surface area contributed by atoms with Crippen LogP contribution in [0.2, 0.25) is 0 Å². The third-order valence-corrected chi connectivity index (χ3v) is 2.84. The first-order chi connectivity index (χ1) is 9.81. The number of benzene rings is 1. The standard InChI is InChI=1S/C11H14N4O6/c1-2-6(5-16)13-11(17)8-3-7(14(18)19)4-9(10(8)12)15(20)21/h3-4,6,16H,2,5,12H2,1H3,(H,13,17)/t6-/m0/s1. The van der Waals surface area contributed by atoms with Crippen LogP contribution < -0.4 is 11.1 Å². The van der Waals surface area contributed by atoms with Gasteiger partial charge < -0.3 is 16.2 Å². The predicted octanol–water partition coefficient (Wildman–Crippen LogP) is 0.586. The number of nitro groups is 2. The van der Waals surface area contributed by atoms with Crippen molar-refractivity contribution in [3.63, 3.8) is 0 Å².